The number of halogens is 2. The predicted molar refractivity (Wildman–Crippen MR) is 89.9 cm³/mol. The molecule has 0 spiro atoms. The number of rotatable bonds is 2. The summed E-state index contributed by atoms with van der Waals surface area (Å²) in [6.07, 6.45) is 2.63. The zero-order valence-corrected chi connectivity index (χ0v) is 12.7. The maximum atomic E-state index is 5.89. The van der Waals surface area contributed by atoms with Gasteiger partial charge in [0, 0.05) is 29.2 Å². The smallest absolute Gasteiger partial charge is 0.150 e. The summed E-state index contributed by atoms with van der Waals surface area (Å²) in [7, 11) is 0. The second kappa shape index (κ2) is 6.29. The molecule has 0 N–H and O–H groups in total. The van der Waals surface area contributed by atoms with Gasteiger partial charge in [-0.3, -0.25) is 5.01 Å². The highest BCUT2D eigenvalue weighted by molar-refractivity contribution is 6.30. The fraction of sp³-hybridized carbons (Fsp3) is 0.125. The maximum Gasteiger partial charge on any atom is 0.150 e. The molecule has 21 heavy (non-hydrogen) atoms. The van der Waals surface area contributed by atoms with E-state index in [-0.39, 0.29) is 0 Å². The molecule has 0 atom stereocenters. The van der Waals surface area contributed by atoms with Crippen molar-refractivity contribution >= 4 is 40.9 Å². The van der Waals surface area contributed by atoms with Gasteiger partial charge in [0.2, 0.25) is 0 Å². The highest BCUT2D eigenvalue weighted by Gasteiger charge is 2.14. The molecule has 0 saturated heterocycles. The number of amidine groups is 1. The van der Waals surface area contributed by atoms with Crippen LogP contribution in [0.1, 0.15) is 12.0 Å². The van der Waals surface area contributed by atoms with E-state index in [2.05, 4.69) is 10.1 Å². The van der Waals surface area contributed by atoms with Crippen LogP contribution in [0.3, 0.4) is 0 Å². The van der Waals surface area contributed by atoms with E-state index < -0.39 is 0 Å². The van der Waals surface area contributed by atoms with Crippen molar-refractivity contribution in [3.8, 4) is 0 Å². The summed E-state index contributed by atoms with van der Waals surface area (Å²) in [6.45, 7) is 0.828. The van der Waals surface area contributed by atoms with Crippen molar-refractivity contribution in [3.63, 3.8) is 0 Å². The van der Waals surface area contributed by atoms with Crippen LogP contribution in [-0.4, -0.2) is 18.6 Å². The van der Waals surface area contributed by atoms with Crippen LogP contribution in [0.5, 0.6) is 0 Å². The van der Waals surface area contributed by atoms with Gasteiger partial charge in [-0.15, -0.1) is 0 Å². The van der Waals surface area contributed by atoms with Crippen molar-refractivity contribution < 1.29 is 0 Å². The summed E-state index contributed by atoms with van der Waals surface area (Å²) < 4.78 is 0. The van der Waals surface area contributed by atoms with Gasteiger partial charge < -0.3 is 0 Å². The van der Waals surface area contributed by atoms with Crippen LogP contribution in [0.2, 0.25) is 10.0 Å². The topological polar surface area (TPSA) is 28.0 Å². The normalized spacial score (nSPS) is 14.8. The molecule has 1 aliphatic rings. The molecule has 1 heterocycles. The lowest BCUT2D eigenvalue weighted by Crippen LogP contribution is -2.11. The second-order valence-corrected chi connectivity index (χ2v) is 5.55. The number of hydrogen-bond acceptors (Lipinski definition) is 3. The van der Waals surface area contributed by atoms with Crippen molar-refractivity contribution in [1.29, 1.82) is 0 Å². The molecular formula is C16H13Cl2N3. The zero-order chi connectivity index (χ0) is 14.7. The molecule has 0 radical (unpaired) electrons. The Labute approximate surface area is 133 Å². The van der Waals surface area contributed by atoms with E-state index in [1.54, 1.807) is 6.21 Å². The Morgan fingerprint density at radius 3 is 2.24 bits per heavy atom. The van der Waals surface area contributed by atoms with Gasteiger partial charge in [-0.05, 0) is 42.0 Å². The molecule has 0 amide bonds. The minimum atomic E-state index is 0.722. The Hall–Kier alpha value is -1.84. The summed E-state index contributed by atoms with van der Waals surface area (Å²) in [5.41, 5.74) is 2.03. The monoisotopic (exact) mass is 317 g/mol. The van der Waals surface area contributed by atoms with Gasteiger partial charge in [0.05, 0.1) is 5.69 Å². The van der Waals surface area contributed by atoms with Gasteiger partial charge in [0.15, 0.2) is 5.84 Å². The molecule has 0 fully saturated rings. The van der Waals surface area contributed by atoms with Crippen LogP contribution in [-0.2, 0) is 0 Å². The fourth-order valence-corrected chi connectivity index (χ4v) is 2.29. The highest BCUT2D eigenvalue weighted by Crippen LogP contribution is 2.21. The Bertz CT molecular complexity index is 676. The van der Waals surface area contributed by atoms with Gasteiger partial charge in [0.25, 0.3) is 0 Å². The predicted octanol–water partition coefficient (Wildman–Crippen LogP) is 4.64. The van der Waals surface area contributed by atoms with Gasteiger partial charge >= 0.3 is 0 Å². The third-order valence-corrected chi connectivity index (χ3v) is 3.64. The standard InChI is InChI=1S/C16H13Cl2N3/c17-13-3-1-12(2-4-13)11-19-16-9-10-21(20-16)15-7-5-14(18)6-8-15/h1-8,11H,9-10H2/b19-11+. The Morgan fingerprint density at radius 2 is 1.57 bits per heavy atom. The van der Waals surface area contributed by atoms with Gasteiger partial charge in [-0.2, -0.15) is 5.10 Å². The van der Waals surface area contributed by atoms with Crippen molar-refractivity contribution in [2.24, 2.45) is 10.1 Å². The SMILES string of the molecule is Clc1ccc(/C=N/C2=NN(c3ccc(Cl)cc3)CC2)cc1. The van der Waals surface area contributed by atoms with E-state index in [9.17, 15) is 0 Å². The third-order valence-electron chi connectivity index (χ3n) is 3.14. The molecule has 0 unspecified atom stereocenters. The number of aliphatic imine (C=N–C) groups is 1. The van der Waals surface area contributed by atoms with Crippen molar-refractivity contribution in [1.82, 2.24) is 0 Å². The van der Waals surface area contributed by atoms with E-state index in [1.165, 1.54) is 0 Å². The van der Waals surface area contributed by atoms with Crippen LogP contribution in [0.4, 0.5) is 5.69 Å². The van der Waals surface area contributed by atoms with Crippen molar-refractivity contribution in [3.05, 3.63) is 64.1 Å². The maximum absolute atomic E-state index is 5.89. The largest absolute Gasteiger partial charge is 0.263 e. The highest BCUT2D eigenvalue weighted by atomic mass is 35.5. The molecule has 2 aromatic carbocycles. The van der Waals surface area contributed by atoms with Crippen molar-refractivity contribution in [2.45, 2.75) is 6.42 Å². The van der Waals surface area contributed by atoms with Gasteiger partial charge in [-0.1, -0.05) is 35.3 Å². The Balaban J connectivity index is 1.71. The van der Waals surface area contributed by atoms with Gasteiger partial charge in [-0.25, -0.2) is 4.99 Å². The quantitative estimate of drug-likeness (QED) is 0.742. The summed E-state index contributed by atoms with van der Waals surface area (Å²) in [6, 6.07) is 15.2. The first-order valence-electron chi connectivity index (χ1n) is 6.61. The average Bonchev–Trinajstić information content (AvgIpc) is 2.96. The number of hydrogen-bond donors (Lipinski definition) is 0. The van der Waals surface area contributed by atoms with E-state index in [0.29, 0.717) is 0 Å². The number of benzene rings is 2. The molecule has 0 bridgehead atoms. The van der Waals surface area contributed by atoms with E-state index >= 15 is 0 Å². The number of hydrazone groups is 1. The van der Waals surface area contributed by atoms with Gasteiger partial charge in [0.1, 0.15) is 0 Å². The number of anilines is 1. The van der Waals surface area contributed by atoms with Crippen LogP contribution < -0.4 is 5.01 Å². The van der Waals surface area contributed by atoms with Crippen molar-refractivity contribution in [2.75, 3.05) is 11.6 Å². The molecule has 3 rings (SSSR count). The summed E-state index contributed by atoms with van der Waals surface area (Å²) in [4.78, 5) is 4.43. The molecular weight excluding hydrogens is 305 g/mol. The molecule has 106 valence electrons. The zero-order valence-electron chi connectivity index (χ0n) is 11.2. The fourth-order valence-electron chi connectivity index (χ4n) is 2.03. The second-order valence-electron chi connectivity index (χ2n) is 4.68. The molecule has 3 nitrogen and oxygen atoms in total. The summed E-state index contributed by atoms with van der Waals surface area (Å²) >= 11 is 11.7. The minimum Gasteiger partial charge on any atom is -0.263 e. The van der Waals surface area contributed by atoms with Crippen LogP contribution in [0.25, 0.3) is 0 Å². The summed E-state index contributed by atoms with van der Waals surface area (Å²) in [5.74, 6) is 0.819. The Morgan fingerprint density at radius 1 is 0.952 bits per heavy atom. The molecule has 0 aliphatic carbocycles. The molecule has 0 aromatic heterocycles. The third kappa shape index (κ3) is 3.63. The molecule has 1 aliphatic heterocycles. The summed E-state index contributed by atoms with van der Waals surface area (Å²) in [5, 5.41) is 7.89. The lowest BCUT2D eigenvalue weighted by atomic mass is 10.2. The van der Waals surface area contributed by atoms with Crippen LogP contribution in [0.15, 0.2) is 58.6 Å². The molecule has 2 aromatic rings. The molecule has 5 heteroatoms. The number of nitrogens with zero attached hydrogens (tertiary/aromatic N) is 3. The van der Waals surface area contributed by atoms with Crippen LogP contribution >= 0.6 is 23.2 Å². The van der Waals surface area contributed by atoms with E-state index in [1.807, 2.05) is 53.5 Å². The molecule has 0 saturated carbocycles. The van der Waals surface area contributed by atoms with E-state index in [0.717, 1.165) is 40.1 Å². The Kier molecular flexibility index (Phi) is 4.23. The van der Waals surface area contributed by atoms with E-state index in [4.69, 9.17) is 23.2 Å². The first-order chi connectivity index (χ1) is 10.2. The average molecular weight is 318 g/mol. The minimum absolute atomic E-state index is 0.722. The lowest BCUT2D eigenvalue weighted by molar-refractivity contribution is 0.922. The first-order valence-corrected chi connectivity index (χ1v) is 7.36. The first kappa shape index (κ1) is 14.1. The lowest BCUT2D eigenvalue weighted by Gasteiger charge is -2.12. The van der Waals surface area contributed by atoms with Crippen LogP contribution in [0, 0.1) is 0 Å².